The highest BCUT2D eigenvalue weighted by Gasteiger charge is 2.45. The van der Waals surface area contributed by atoms with E-state index in [1.54, 1.807) is 7.11 Å². The standard InChI is InChI=1S/C22H25BrN2O2/c1-27-19-8-6-18(7-9-19)24-10-3-11-25(13-12-24)22(26)21-15-20(21)16-4-2-5-17(23)14-16/h2,4-9,14,20-21H,3,10-13,15H2,1H3. The predicted molar refractivity (Wildman–Crippen MR) is 111 cm³/mol. The number of benzene rings is 2. The SMILES string of the molecule is COc1ccc(N2CCCN(C(=O)C3CC3c3cccc(Br)c3)CC2)cc1. The number of carbonyl (C=O) groups is 1. The molecule has 2 aromatic carbocycles. The summed E-state index contributed by atoms with van der Waals surface area (Å²) in [5, 5.41) is 0. The van der Waals surface area contributed by atoms with E-state index >= 15 is 0 Å². The summed E-state index contributed by atoms with van der Waals surface area (Å²) < 4.78 is 6.33. The Morgan fingerprint density at radius 2 is 1.89 bits per heavy atom. The molecule has 2 aromatic rings. The predicted octanol–water partition coefficient (Wildman–Crippen LogP) is 4.30. The lowest BCUT2D eigenvalue weighted by Gasteiger charge is -2.24. The number of hydrogen-bond acceptors (Lipinski definition) is 3. The number of rotatable bonds is 4. The van der Waals surface area contributed by atoms with Gasteiger partial charge in [0.25, 0.3) is 0 Å². The first-order chi connectivity index (χ1) is 13.2. The van der Waals surface area contributed by atoms with Crippen molar-refractivity contribution in [1.82, 2.24) is 4.90 Å². The average molecular weight is 429 g/mol. The minimum atomic E-state index is 0.159. The summed E-state index contributed by atoms with van der Waals surface area (Å²) >= 11 is 3.53. The monoisotopic (exact) mass is 428 g/mol. The minimum Gasteiger partial charge on any atom is -0.497 e. The number of methoxy groups -OCH3 is 1. The molecule has 2 fully saturated rings. The Labute approximate surface area is 169 Å². The Bertz CT molecular complexity index is 808. The van der Waals surface area contributed by atoms with Gasteiger partial charge in [-0.3, -0.25) is 4.79 Å². The molecule has 1 saturated heterocycles. The van der Waals surface area contributed by atoms with Crippen LogP contribution in [0, 0.1) is 5.92 Å². The molecular formula is C22H25BrN2O2. The smallest absolute Gasteiger partial charge is 0.226 e. The van der Waals surface area contributed by atoms with Crippen LogP contribution in [-0.2, 0) is 4.79 Å². The van der Waals surface area contributed by atoms with E-state index in [-0.39, 0.29) is 5.92 Å². The zero-order valence-corrected chi connectivity index (χ0v) is 17.2. The maximum atomic E-state index is 13.0. The average Bonchev–Trinajstić information content (AvgIpc) is 3.51. The molecule has 0 N–H and O–H groups in total. The summed E-state index contributed by atoms with van der Waals surface area (Å²) in [5.41, 5.74) is 2.47. The molecule has 0 bridgehead atoms. The van der Waals surface area contributed by atoms with E-state index in [1.807, 2.05) is 18.2 Å². The number of carbonyl (C=O) groups excluding carboxylic acids is 1. The second-order valence-electron chi connectivity index (χ2n) is 7.37. The molecule has 1 aliphatic heterocycles. The van der Waals surface area contributed by atoms with Crippen molar-refractivity contribution in [1.29, 1.82) is 0 Å². The molecule has 1 heterocycles. The molecule has 4 rings (SSSR count). The zero-order valence-electron chi connectivity index (χ0n) is 15.6. The Morgan fingerprint density at radius 1 is 1.07 bits per heavy atom. The van der Waals surface area contributed by atoms with Crippen molar-refractivity contribution < 1.29 is 9.53 Å². The number of ether oxygens (including phenoxy) is 1. The molecule has 5 heteroatoms. The number of halogens is 1. The molecule has 1 saturated carbocycles. The second-order valence-corrected chi connectivity index (χ2v) is 8.28. The van der Waals surface area contributed by atoms with E-state index < -0.39 is 0 Å². The van der Waals surface area contributed by atoms with Crippen LogP contribution >= 0.6 is 15.9 Å². The van der Waals surface area contributed by atoms with E-state index in [1.165, 1.54) is 11.3 Å². The van der Waals surface area contributed by atoms with Crippen LogP contribution in [0.1, 0.15) is 24.3 Å². The van der Waals surface area contributed by atoms with Gasteiger partial charge in [0, 0.05) is 42.3 Å². The number of hydrogen-bond donors (Lipinski definition) is 0. The first-order valence-electron chi connectivity index (χ1n) is 9.59. The van der Waals surface area contributed by atoms with Crippen molar-refractivity contribution in [2.75, 3.05) is 38.2 Å². The van der Waals surface area contributed by atoms with Gasteiger partial charge in [-0.1, -0.05) is 28.1 Å². The molecule has 2 atom stereocenters. The first kappa shape index (κ1) is 18.4. The largest absolute Gasteiger partial charge is 0.497 e. The van der Waals surface area contributed by atoms with E-state index in [4.69, 9.17) is 4.74 Å². The maximum Gasteiger partial charge on any atom is 0.226 e. The van der Waals surface area contributed by atoms with E-state index in [0.29, 0.717) is 11.8 Å². The molecule has 1 amide bonds. The second kappa shape index (κ2) is 7.93. The fraction of sp³-hybridized carbons (Fsp3) is 0.409. The van der Waals surface area contributed by atoms with Gasteiger partial charge in [0.15, 0.2) is 0 Å². The van der Waals surface area contributed by atoms with Crippen LogP contribution in [0.5, 0.6) is 5.75 Å². The summed E-state index contributed by atoms with van der Waals surface area (Å²) in [6, 6.07) is 16.6. The van der Waals surface area contributed by atoms with Crippen LogP contribution in [0.25, 0.3) is 0 Å². The Kier molecular flexibility index (Phi) is 5.39. The molecule has 1 aliphatic carbocycles. The van der Waals surface area contributed by atoms with Gasteiger partial charge < -0.3 is 14.5 Å². The minimum absolute atomic E-state index is 0.159. The van der Waals surface area contributed by atoms with Gasteiger partial charge in [-0.15, -0.1) is 0 Å². The van der Waals surface area contributed by atoms with Crippen molar-refractivity contribution in [2.24, 2.45) is 5.92 Å². The van der Waals surface area contributed by atoms with Crippen LogP contribution in [0.4, 0.5) is 5.69 Å². The molecule has 27 heavy (non-hydrogen) atoms. The fourth-order valence-corrected chi connectivity index (χ4v) is 4.41. The summed E-state index contributed by atoms with van der Waals surface area (Å²) in [5.74, 6) is 1.75. The molecule has 0 radical (unpaired) electrons. The molecule has 142 valence electrons. The van der Waals surface area contributed by atoms with Crippen LogP contribution in [-0.4, -0.2) is 44.1 Å². The van der Waals surface area contributed by atoms with E-state index in [2.05, 4.69) is 56.1 Å². The highest BCUT2D eigenvalue weighted by Crippen LogP contribution is 2.49. The third kappa shape index (κ3) is 4.13. The normalized spacial score (nSPS) is 22.3. The van der Waals surface area contributed by atoms with E-state index in [9.17, 15) is 4.79 Å². The van der Waals surface area contributed by atoms with Crippen molar-refractivity contribution in [3.8, 4) is 5.75 Å². The van der Waals surface area contributed by atoms with Crippen LogP contribution in [0.3, 0.4) is 0 Å². The first-order valence-corrected chi connectivity index (χ1v) is 10.4. The molecule has 4 nitrogen and oxygen atoms in total. The molecule has 0 spiro atoms. The van der Waals surface area contributed by atoms with Gasteiger partial charge in [0.2, 0.25) is 5.91 Å². The van der Waals surface area contributed by atoms with Crippen LogP contribution in [0.15, 0.2) is 53.0 Å². The molecular weight excluding hydrogens is 404 g/mol. The van der Waals surface area contributed by atoms with Crippen LogP contribution < -0.4 is 9.64 Å². The van der Waals surface area contributed by atoms with Gasteiger partial charge in [0.05, 0.1) is 7.11 Å². The van der Waals surface area contributed by atoms with Crippen molar-refractivity contribution in [2.45, 2.75) is 18.8 Å². The topological polar surface area (TPSA) is 32.8 Å². The summed E-state index contributed by atoms with van der Waals surface area (Å²) in [4.78, 5) is 17.4. The summed E-state index contributed by atoms with van der Waals surface area (Å²) in [6.07, 6.45) is 1.99. The highest BCUT2D eigenvalue weighted by atomic mass is 79.9. The van der Waals surface area contributed by atoms with Crippen molar-refractivity contribution in [3.05, 3.63) is 58.6 Å². The van der Waals surface area contributed by atoms with Crippen LogP contribution in [0.2, 0.25) is 0 Å². The third-order valence-corrected chi connectivity index (χ3v) is 6.12. The summed E-state index contributed by atoms with van der Waals surface area (Å²) in [7, 11) is 1.68. The van der Waals surface area contributed by atoms with Gasteiger partial charge in [-0.25, -0.2) is 0 Å². The van der Waals surface area contributed by atoms with Gasteiger partial charge in [-0.2, -0.15) is 0 Å². The zero-order chi connectivity index (χ0) is 18.8. The number of amides is 1. The Morgan fingerprint density at radius 3 is 2.63 bits per heavy atom. The maximum absolute atomic E-state index is 13.0. The Balaban J connectivity index is 1.36. The highest BCUT2D eigenvalue weighted by molar-refractivity contribution is 9.10. The van der Waals surface area contributed by atoms with Crippen molar-refractivity contribution in [3.63, 3.8) is 0 Å². The molecule has 0 aromatic heterocycles. The number of anilines is 1. The van der Waals surface area contributed by atoms with E-state index in [0.717, 1.165) is 49.2 Å². The van der Waals surface area contributed by atoms with Gasteiger partial charge in [0.1, 0.15) is 5.75 Å². The third-order valence-electron chi connectivity index (χ3n) is 5.63. The lowest BCUT2D eigenvalue weighted by molar-refractivity contribution is -0.132. The Hall–Kier alpha value is -2.01. The quantitative estimate of drug-likeness (QED) is 0.727. The molecule has 2 aliphatic rings. The molecule has 2 unspecified atom stereocenters. The van der Waals surface area contributed by atoms with Gasteiger partial charge >= 0.3 is 0 Å². The fourth-order valence-electron chi connectivity index (χ4n) is 4.00. The number of nitrogens with zero attached hydrogens (tertiary/aromatic N) is 2. The lowest BCUT2D eigenvalue weighted by atomic mass is 10.1. The lowest BCUT2D eigenvalue weighted by Crippen LogP contribution is -2.36. The summed E-state index contributed by atoms with van der Waals surface area (Å²) in [6.45, 7) is 3.52. The van der Waals surface area contributed by atoms with Gasteiger partial charge in [-0.05, 0) is 60.7 Å². The van der Waals surface area contributed by atoms with Crippen molar-refractivity contribution >= 4 is 27.5 Å².